The third kappa shape index (κ3) is 7.69. The maximum Gasteiger partial charge on any atom is 0.408 e. The van der Waals surface area contributed by atoms with Gasteiger partial charge < -0.3 is 20.5 Å². The fraction of sp³-hybridized carbons (Fsp3) is 0.303. The average Bonchev–Trinajstić information content (AvgIpc) is 3.02. The first-order valence-electron chi connectivity index (χ1n) is 14.4. The second-order valence-corrected chi connectivity index (χ2v) is 13.7. The minimum absolute atomic E-state index is 0.195. The van der Waals surface area contributed by atoms with Crippen molar-refractivity contribution in [3.8, 4) is 0 Å². The summed E-state index contributed by atoms with van der Waals surface area (Å²) in [6.07, 6.45) is 0.511. The highest BCUT2D eigenvalue weighted by atomic mass is 32.2. The number of carbonyl (C=O) groups is 4. The number of aromatic nitrogens is 1. The number of hydrogen-bond donors (Lipinski definition) is 2. The second-order valence-electron chi connectivity index (χ2n) is 11.4. The molecule has 0 saturated carbocycles. The van der Waals surface area contributed by atoms with Gasteiger partial charge in [-0.25, -0.2) is 14.6 Å². The summed E-state index contributed by atoms with van der Waals surface area (Å²) in [6, 6.07) is 21.4. The van der Waals surface area contributed by atoms with Crippen LogP contribution in [0.5, 0.6) is 0 Å². The highest BCUT2D eigenvalue weighted by molar-refractivity contribution is 8.00. The van der Waals surface area contributed by atoms with Crippen molar-refractivity contribution in [2.45, 2.75) is 55.3 Å². The number of primary amides is 1. The molecule has 0 radical (unpaired) electrons. The van der Waals surface area contributed by atoms with Crippen molar-refractivity contribution in [2.24, 2.45) is 5.73 Å². The van der Waals surface area contributed by atoms with Crippen molar-refractivity contribution < 1.29 is 28.7 Å². The fourth-order valence-corrected chi connectivity index (χ4v) is 7.17. The molecule has 3 N–H and O–H groups in total. The van der Waals surface area contributed by atoms with Gasteiger partial charge in [0.2, 0.25) is 5.91 Å². The number of β-lactam (4-membered cyclic amide) rings is 1. The van der Waals surface area contributed by atoms with E-state index >= 15 is 0 Å². The molecule has 0 spiro atoms. The molecule has 45 heavy (non-hydrogen) atoms. The Morgan fingerprint density at radius 3 is 2.24 bits per heavy atom. The Morgan fingerprint density at radius 2 is 1.69 bits per heavy atom. The molecule has 10 nitrogen and oxygen atoms in total. The summed E-state index contributed by atoms with van der Waals surface area (Å²) >= 11 is 2.93. The molecule has 2 aliphatic rings. The van der Waals surface area contributed by atoms with Gasteiger partial charge in [0.25, 0.3) is 5.91 Å². The van der Waals surface area contributed by atoms with Gasteiger partial charge in [-0.05, 0) is 56.0 Å². The van der Waals surface area contributed by atoms with E-state index in [0.717, 1.165) is 16.7 Å². The molecule has 2 aromatic carbocycles. The monoisotopic (exact) mass is 646 g/mol. The van der Waals surface area contributed by atoms with Gasteiger partial charge in [0, 0.05) is 17.7 Å². The molecule has 234 valence electrons. The van der Waals surface area contributed by atoms with Crippen LogP contribution in [0.4, 0.5) is 4.79 Å². The molecule has 1 saturated heterocycles. The predicted octanol–water partition coefficient (Wildman–Crippen LogP) is 5.06. The summed E-state index contributed by atoms with van der Waals surface area (Å²) in [6.45, 7) is 5.24. The van der Waals surface area contributed by atoms with E-state index in [-0.39, 0.29) is 5.70 Å². The summed E-state index contributed by atoms with van der Waals surface area (Å²) < 4.78 is 11.6. The van der Waals surface area contributed by atoms with Gasteiger partial charge in [0.05, 0.1) is 10.6 Å². The summed E-state index contributed by atoms with van der Waals surface area (Å²) in [4.78, 5) is 57.2. The number of nitrogens with zero attached hydrogens (tertiary/aromatic N) is 2. The molecule has 3 aromatic rings. The number of nitrogens with two attached hydrogens (primary N) is 1. The van der Waals surface area contributed by atoms with E-state index in [2.05, 4.69) is 10.3 Å². The Morgan fingerprint density at radius 1 is 1.04 bits per heavy atom. The lowest BCUT2D eigenvalue weighted by atomic mass is 10.00. The lowest BCUT2D eigenvalue weighted by Gasteiger charge is -2.49. The van der Waals surface area contributed by atoms with Crippen LogP contribution in [0.3, 0.4) is 0 Å². The number of ether oxygens (including phenoxy) is 2. The number of carbonyl (C=O) groups excluding carboxylic acids is 4. The van der Waals surface area contributed by atoms with Crippen molar-refractivity contribution in [3.05, 3.63) is 107 Å². The van der Waals surface area contributed by atoms with Gasteiger partial charge >= 0.3 is 12.1 Å². The SMILES string of the molecule is CC(C)(C)OC(=O)N[C@@H]1C(=O)N2C(C(=O)OC(c3ccccc3)c3ccccc3)=C(CCSc3ccc(C(N)=O)cn3)CS[C@H]12. The largest absolute Gasteiger partial charge is 0.448 e. The van der Waals surface area contributed by atoms with Gasteiger partial charge in [-0.3, -0.25) is 14.5 Å². The molecule has 12 heteroatoms. The highest BCUT2D eigenvalue weighted by Gasteiger charge is 2.55. The van der Waals surface area contributed by atoms with Crippen LogP contribution in [0, 0.1) is 0 Å². The molecule has 2 atom stereocenters. The van der Waals surface area contributed by atoms with Gasteiger partial charge in [-0.2, -0.15) is 0 Å². The lowest BCUT2D eigenvalue weighted by Crippen LogP contribution is -2.70. The molecule has 0 aliphatic carbocycles. The summed E-state index contributed by atoms with van der Waals surface area (Å²) in [5, 5.41) is 2.88. The molecular formula is C33H34N4O6S2. The van der Waals surface area contributed by atoms with Crippen LogP contribution in [-0.4, -0.2) is 62.3 Å². The smallest absolute Gasteiger partial charge is 0.408 e. The maximum atomic E-state index is 14.1. The third-order valence-corrected chi connectivity index (χ3v) is 9.30. The first-order chi connectivity index (χ1) is 21.5. The number of thioether (sulfide) groups is 2. The van der Waals surface area contributed by atoms with Crippen LogP contribution >= 0.6 is 23.5 Å². The number of benzene rings is 2. The molecule has 0 unspecified atom stereocenters. The number of hydrogen-bond acceptors (Lipinski definition) is 9. The quantitative estimate of drug-likeness (QED) is 0.176. The lowest BCUT2D eigenvalue weighted by molar-refractivity contribution is -0.153. The van der Waals surface area contributed by atoms with Crippen LogP contribution in [0.2, 0.25) is 0 Å². The van der Waals surface area contributed by atoms with Crippen LogP contribution in [0.25, 0.3) is 0 Å². The zero-order valence-corrected chi connectivity index (χ0v) is 26.7. The van der Waals surface area contributed by atoms with E-state index in [0.29, 0.717) is 28.5 Å². The summed E-state index contributed by atoms with van der Waals surface area (Å²) in [5.41, 5.74) is 7.45. The topological polar surface area (TPSA) is 141 Å². The molecule has 5 rings (SSSR count). The van der Waals surface area contributed by atoms with Gasteiger partial charge in [-0.15, -0.1) is 23.5 Å². The molecule has 3 amide bonds. The van der Waals surface area contributed by atoms with Gasteiger partial charge in [0.15, 0.2) is 6.10 Å². The standard InChI is InChI=1S/C33H34N4O6S2/c1-33(2,3)43-32(41)36-25-29(39)37-26(31(40)42-27(20-10-6-4-7-11-20)21-12-8-5-9-13-21)23(19-45-30(25)37)16-17-44-24-15-14-22(18-35-24)28(34)38/h4-15,18,25,27,30H,16-17,19H2,1-3H3,(H2,34,38)(H,36,41)/t25-,30-/m1/s1. The molecule has 0 bridgehead atoms. The van der Waals surface area contributed by atoms with Gasteiger partial charge in [0.1, 0.15) is 22.7 Å². The first kappa shape index (κ1) is 32.1. The van der Waals surface area contributed by atoms with Crippen LogP contribution in [0.15, 0.2) is 95.3 Å². The molecule has 2 aliphatic heterocycles. The van der Waals surface area contributed by atoms with E-state index in [1.54, 1.807) is 32.9 Å². The van der Waals surface area contributed by atoms with Crippen molar-refractivity contribution in [1.82, 2.24) is 15.2 Å². The molecule has 3 heterocycles. The third-order valence-electron chi connectivity index (χ3n) is 7.02. The Hall–Kier alpha value is -4.29. The Balaban J connectivity index is 1.40. The first-order valence-corrected chi connectivity index (χ1v) is 16.4. The van der Waals surface area contributed by atoms with Crippen LogP contribution < -0.4 is 11.1 Å². The van der Waals surface area contributed by atoms with E-state index in [4.69, 9.17) is 15.2 Å². The van der Waals surface area contributed by atoms with Crippen molar-refractivity contribution >= 4 is 47.4 Å². The average molecular weight is 647 g/mol. The molecular weight excluding hydrogens is 613 g/mol. The number of esters is 1. The Kier molecular flexibility index (Phi) is 9.83. The van der Waals surface area contributed by atoms with Crippen molar-refractivity contribution in [2.75, 3.05) is 11.5 Å². The Labute approximate surface area is 270 Å². The van der Waals surface area contributed by atoms with Crippen molar-refractivity contribution in [1.29, 1.82) is 0 Å². The van der Waals surface area contributed by atoms with Crippen LogP contribution in [0.1, 0.15) is 54.8 Å². The summed E-state index contributed by atoms with van der Waals surface area (Å²) in [7, 11) is 0. The minimum Gasteiger partial charge on any atom is -0.448 e. The maximum absolute atomic E-state index is 14.1. The number of rotatable bonds is 10. The van der Waals surface area contributed by atoms with E-state index in [9.17, 15) is 19.2 Å². The molecule has 1 aromatic heterocycles. The highest BCUT2D eigenvalue weighted by Crippen LogP contribution is 2.43. The number of amides is 3. The normalized spacial score (nSPS) is 17.8. The van der Waals surface area contributed by atoms with Gasteiger partial charge in [-0.1, -0.05) is 60.7 Å². The Bertz CT molecular complexity index is 1550. The number of alkyl carbamates (subject to hydrolysis) is 1. The zero-order chi connectivity index (χ0) is 32.1. The minimum atomic E-state index is -0.837. The second kappa shape index (κ2) is 13.8. The van der Waals surface area contributed by atoms with Crippen molar-refractivity contribution in [3.63, 3.8) is 0 Å². The van der Waals surface area contributed by atoms with E-state index < -0.39 is 47.0 Å². The number of pyridine rings is 1. The predicted molar refractivity (Wildman–Crippen MR) is 172 cm³/mol. The van der Waals surface area contributed by atoms with E-state index in [1.807, 2.05) is 60.7 Å². The fourth-order valence-electron chi connectivity index (χ4n) is 4.94. The number of fused-ring (bicyclic) bond motifs is 1. The summed E-state index contributed by atoms with van der Waals surface area (Å²) in [5.74, 6) is -0.561. The van der Waals surface area contributed by atoms with Crippen LogP contribution in [-0.2, 0) is 19.1 Å². The molecule has 1 fully saturated rings. The zero-order valence-electron chi connectivity index (χ0n) is 25.1. The van der Waals surface area contributed by atoms with E-state index in [1.165, 1.54) is 34.6 Å². The number of nitrogens with one attached hydrogen (secondary N) is 1.